The van der Waals surface area contributed by atoms with Crippen molar-refractivity contribution in [3.63, 3.8) is 0 Å². The third kappa shape index (κ3) is 1.69. The van der Waals surface area contributed by atoms with Crippen molar-refractivity contribution >= 4 is 15.4 Å². The van der Waals surface area contributed by atoms with Gasteiger partial charge in [0.25, 0.3) is 0 Å². The van der Waals surface area contributed by atoms with E-state index in [4.69, 9.17) is 12.3 Å². The summed E-state index contributed by atoms with van der Waals surface area (Å²) in [5.41, 5.74) is 1.28. The molecule has 1 nitrogen and oxygen atoms in total. The summed E-state index contributed by atoms with van der Waals surface area (Å²) in [6.07, 6.45) is 0. The summed E-state index contributed by atoms with van der Waals surface area (Å²) in [4.78, 5) is 0. The van der Waals surface area contributed by atoms with E-state index in [1.54, 1.807) is 0 Å². The molecule has 0 aromatic carbocycles. The average molecular weight is 143 g/mol. The highest BCUT2D eigenvalue weighted by atomic mass is 31.1. The lowest BCUT2D eigenvalue weighted by molar-refractivity contribution is 0.130. The summed E-state index contributed by atoms with van der Waals surface area (Å²) in [5, 5.41) is 0. The van der Waals surface area contributed by atoms with E-state index in [0.29, 0.717) is 11.3 Å². The molecule has 0 bridgehead atoms. The highest BCUT2D eigenvalue weighted by Gasteiger charge is 2.30. The molecule has 50 valence electrons. The zero-order valence-corrected chi connectivity index (χ0v) is 7.05. The Hall–Kier alpha value is 0.455. The van der Waals surface area contributed by atoms with Gasteiger partial charge in [0.1, 0.15) is 0 Å². The van der Waals surface area contributed by atoms with Crippen LogP contribution in [-0.2, 0) is 4.74 Å². The molecule has 0 aromatic rings. The van der Waals surface area contributed by atoms with Crippen LogP contribution in [0.15, 0.2) is 0 Å². The van der Waals surface area contributed by atoms with Crippen LogP contribution in [0.5, 0.6) is 0 Å². The molecule has 2 atom stereocenters. The monoisotopic (exact) mass is 143 g/mol. The lowest BCUT2D eigenvalue weighted by Crippen LogP contribution is -2.26. The normalized spacial score (nSPS) is 38.9. The standard InChI is InChI=1S/C6H13BOP/c1-5-3-8-4-6(2)9(5)7/h5-6,9H,3-4H2,1-2H3/q+1/t5-,6-/m1/s1. The molecule has 0 aliphatic carbocycles. The zero-order chi connectivity index (χ0) is 6.85. The third-order valence-electron chi connectivity index (χ3n) is 1.87. The van der Waals surface area contributed by atoms with Crippen LogP contribution in [0.3, 0.4) is 0 Å². The summed E-state index contributed by atoms with van der Waals surface area (Å²) in [7, 11) is 5.37. The molecular formula is C6H13BOP+. The second kappa shape index (κ2) is 3.03. The van der Waals surface area contributed by atoms with Gasteiger partial charge in [-0.3, -0.25) is 0 Å². The Labute approximate surface area is 59.3 Å². The fourth-order valence-corrected chi connectivity index (χ4v) is 2.69. The highest BCUT2D eigenvalue weighted by Crippen LogP contribution is 2.43. The van der Waals surface area contributed by atoms with Crippen LogP contribution in [0.1, 0.15) is 13.8 Å². The Bertz CT molecular complexity index is 89.1. The van der Waals surface area contributed by atoms with Crippen molar-refractivity contribution in [2.45, 2.75) is 25.2 Å². The minimum atomic E-state index is -0.573. The summed E-state index contributed by atoms with van der Waals surface area (Å²) in [5.74, 6) is 0. The van der Waals surface area contributed by atoms with Gasteiger partial charge in [0.15, 0.2) is 0 Å². The van der Waals surface area contributed by atoms with Crippen LogP contribution in [0.2, 0.25) is 0 Å². The van der Waals surface area contributed by atoms with Crippen molar-refractivity contribution in [2.24, 2.45) is 0 Å². The molecule has 1 saturated heterocycles. The summed E-state index contributed by atoms with van der Waals surface area (Å²) >= 11 is 0. The first-order valence-corrected chi connectivity index (χ1v) is 5.15. The molecule has 1 aliphatic heterocycles. The van der Waals surface area contributed by atoms with Crippen molar-refractivity contribution in [1.82, 2.24) is 0 Å². The Morgan fingerprint density at radius 1 is 1.33 bits per heavy atom. The molecule has 9 heavy (non-hydrogen) atoms. The fraction of sp³-hybridized carbons (Fsp3) is 1.00. The van der Waals surface area contributed by atoms with Gasteiger partial charge in [-0.1, -0.05) is 0 Å². The summed E-state index contributed by atoms with van der Waals surface area (Å²) < 4.78 is 5.31. The van der Waals surface area contributed by atoms with E-state index in [9.17, 15) is 0 Å². The topological polar surface area (TPSA) is 9.23 Å². The average Bonchev–Trinajstić information content (AvgIpc) is 1.83. The maximum atomic E-state index is 5.94. The second-order valence-corrected chi connectivity index (χ2v) is 5.81. The molecule has 0 aromatic heterocycles. The molecule has 0 spiro atoms. The van der Waals surface area contributed by atoms with Gasteiger partial charge in [-0.25, -0.2) is 0 Å². The van der Waals surface area contributed by atoms with Crippen molar-refractivity contribution in [1.29, 1.82) is 0 Å². The molecule has 0 unspecified atom stereocenters. The largest absolute Gasteiger partial charge is 0.373 e. The SMILES string of the molecule is [B][PH+]1[C@H](C)COC[C@H]1C. The van der Waals surface area contributed by atoms with Gasteiger partial charge in [0.2, 0.25) is 0 Å². The number of hydrogen-bond acceptors (Lipinski definition) is 1. The van der Waals surface area contributed by atoms with Crippen LogP contribution in [0.25, 0.3) is 0 Å². The quantitative estimate of drug-likeness (QED) is 0.364. The molecule has 1 rings (SSSR count). The Morgan fingerprint density at radius 2 is 1.78 bits per heavy atom. The van der Waals surface area contributed by atoms with Crippen molar-refractivity contribution in [3.05, 3.63) is 0 Å². The molecule has 1 heterocycles. The van der Waals surface area contributed by atoms with Crippen LogP contribution in [-0.4, -0.2) is 32.1 Å². The van der Waals surface area contributed by atoms with Crippen LogP contribution < -0.4 is 0 Å². The van der Waals surface area contributed by atoms with Crippen LogP contribution in [0, 0.1) is 0 Å². The summed E-state index contributed by atoms with van der Waals surface area (Å²) in [6, 6.07) is 0. The molecule has 0 amide bonds. The van der Waals surface area contributed by atoms with Gasteiger partial charge in [-0.2, -0.15) is 0 Å². The first-order valence-electron chi connectivity index (χ1n) is 3.41. The predicted molar refractivity (Wildman–Crippen MR) is 43.8 cm³/mol. The first kappa shape index (κ1) is 7.56. The van der Waals surface area contributed by atoms with Crippen LogP contribution >= 0.6 is 7.80 Å². The number of rotatable bonds is 0. The van der Waals surface area contributed by atoms with E-state index >= 15 is 0 Å². The second-order valence-electron chi connectivity index (χ2n) is 2.84. The lowest BCUT2D eigenvalue weighted by atomic mass is 10.4. The lowest BCUT2D eigenvalue weighted by Gasteiger charge is -2.25. The van der Waals surface area contributed by atoms with Gasteiger partial charge in [-0.15, -0.1) is 0 Å². The van der Waals surface area contributed by atoms with Crippen molar-refractivity contribution < 1.29 is 4.74 Å². The molecule has 2 radical (unpaired) electrons. The Kier molecular flexibility index (Phi) is 2.54. The van der Waals surface area contributed by atoms with E-state index in [-0.39, 0.29) is 0 Å². The Morgan fingerprint density at radius 3 is 2.11 bits per heavy atom. The van der Waals surface area contributed by atoms with E-state index in [1.165, 1.54) is 0 Å². The summed E-state index contributed by atoms with van der Waals surface area (Å²) in [6.45, 7) is 6.14. The first-order chi connectivity index (χ1) is 4.22. The maximum Gasteiger partial charge on any atom is 0.363 e. The molecule has 1 aliphatic rings. The fourth-order valence-electron chi connectivity index (χ4n) is 1.10. The zero-order valence-electron chi connectivity index (χ0n) is 6.05. The minimum absolute atomic E-state index is 0.573. The molecule has 1 fully saturated rings. The third-order valence-corrected chi connectivity index (χ3v) is 4.48. The van der Waals surface area contributed by atoms with Gasteiger partial charge < -0.3 is 4.74 Å². The van der Waals surface area contributed by atoms with Crippen molar-refractivity contribution in [3.8, 4) is 0 Å². The molecule has 0 N–H and O–H groups in total. The van der Waals surface area contributed by atoms with E-state index in [1.807, 2.05) is 0 Å². The number of hydrogen-bond donors (Lipinski definition) is 0. The highest BCUT2D eigenvalue weighted by molar-refractivity contribution is 7.83. The maximum absolute atomic E-state index is 5.94. The van der Waals surface area contributed by atoms with Gasteiger partial charge in [-0.05, 0) is 21.6 Å². The van der Waals surface area contributed by atoms with Gasteiger partial charge in [0.05, 0.1) is 24.5 Å². The smallest absolute Gasteiger partial charge is 0.363 e. The van der Waals surface area contributed by atoms with Crippen LogP contribution in [0.4, 0.5) is 0 Å². The van der Waals surface area contributed by atoms with Gasteiger partial charge >= 0.3 is 7.57 Å². The van der Waals surface area contributed by atoms with E-state index < -0.39 is 7.80 Å². The molecular weight excluding hydrogens is 130 g/mol. The molecule has 3 heteroatoms. The predicted octanol–water partition coefficient (Wildman–Crippen LogP) is 1.09. The molecule has 0 saturated carbocycles. The van der Waals surface area contributed by atoms with E-state index in [0.717, 1.165) is 13.2 Å². The van der Waals surface area contributed by atoms with Crippen molar-refractivity contribution in [2.75, 3.05) is 13.2 Å². The minimum Gasteiger partial charge on any atom is -0.373 e. The van der Waals surface area contributed by atoms with Gasteiger partial charge in [0, 0.05) is 0 Å². The van der Waals surface area contributed by atoms with E-state index in [2.05, 4.69) is 13.8 Å². The number of ether oxygens (including phenoxy) is 1. The Balaban J connectivity index is 2.41.